The maximum Gasteiger partial charge on any atom is 0.335 e. The zero-order valence-electron chi connectivity index (χ0n) is 16.7. The molecular formula is C22H23N3O5. The Morgan fingerprint density at radius 3 is 2.20 bits per heavy atom. The minimum Gasteiger partial charge on any atom is -0.497 e. The molecule has 0 aliphatic carbocycles. The van der Waals surface area contributed by atoms with Crippen molar-refractivity contribution in [2.24, 2.45) is 10.9 Å². The van der Waals surface area contributed by atoms with Gasteiger partial charge in [-0.05, 0) is 49.2 Å². The van der Waals surface area contributed by atoms with Crippen molar-refractivity contribution in [3.05, 3.63) is 65.2 Å². The Morgan fingerprint density at radius 1 is 0.967 bits per heavy atom. The largest absolute Gasteiger partial charge is 0.497 e. The van der Waals surface area contributed by atoms with Gasteiger partial charge in [0.05, 0.1) is 18.2 Å². The summed E-state index contributed by atoms with van der Waals surface area (Å²) in [5, 5.41) is 3.66. The molecule has 0 spiro atoms. The number of amidine groups is 1. The summed E-state index contributed by atoms with van der Waals surface area (Å²) in [5.74, 6) is -0.245. The van der Waals surface area contributed by atoms with Crippen LogP contribution in [-0.2, 0) is 9.63 Å². The van der Waals surface area contributed by atoms with E-state index >= 15 is 0 Å². The molecular weight excluding hydrogens is 386 g/mol. The number of unbranched alkanes of at least 4 members (excludes halogenated alkanes) is 2. The maximum absolute atomic E-state index is 12.3. The third kappa shape index (κ3) is 4.83. The Kier molecular flexibility index (Phi) is 6.79. The number of imide groups is 1. The van der Waals surface area contributed by atoms with Crippen LogP contribution < -0.4 is 10.5 Å². The fourth-order valence-corrected chi connectivity index (χ4v) is 3.12. The SMILES string of the molecule is COc1ccc(C(N)=NOC(=O)CCCCCN2C(=O)c3ccccc3C2=O)cc1. The van der Waals surface area contributed by atoms with Gasteiger partial charge in [0.1, 0.15) is 5.75 Å². The molecule has 0 saturated carbocycles. The molecule has 1 aliphatic rings. The Balaban J connectivity index is 1.37. The third-order valence-electron chi connectivity index (χ3n) is 4.77. The topological polar surface area (TPSA) is 111 Å². The van der Waals surface area contributed by atoms with Crippen LogP contribution in [0.2, 0.25) is 0 Å². The number of hydrogen-bond acceptors (Lipinski definition) is 6. The van der Waals surface area contributed by atoms with Gasteiger partial charge in [0, 0.05) is 18.5 Å². The van der Waals surface area contributed by atoms with E-state index < -0.39 is 5.97 Å². The average molecular weight is 409 g/mol. The van der Waals surface area contributed by atoms with Gasteiger partial charge < -0.3 is 15.3 Å². The zero-order valence-corrected chi connectivity index (χ0v) is 16.7. The molecule has 1 heterocycles. The van der Waals surface area contributed by atoms with Crippen LogP contribution in [0.3, 0.4) is 0 Å². The number of benzene rings is 2. The number of oxime groups is 1. The van der Waals surface area contributed by atoms with E-state index in [1.54, 1.807) is 55.6 Å². The summed E-state index contributed by atoms with van der Waals surface area (Å²) in [6.07, 6.45) is 2.00. The molecule has 156 valence electrons. The minimum absolute atomic E-state index is 0.0941. The van der Waals surface area contributed by atoms with Crippen molar-refractivity contribution in [3.63, 3.8) is 0 Å². The summed E-state index contributed by atoms with van der Waals surface area (Å²) in [6, 6.07) is 13.7. The molecule has 0 unspecified atom stereocenters. The number of methoxy groups -OCH3 is 1. The van der Waals surface area contributed by atoms with Crippen LogP contribution in [-0.4, -0.2) is 42.2 Å². The fourth-order valence-electron chi connectivity index (χ4n) is 3.12. The molecule has 2 aromatic carbocycles. The van der Waals surface area contributed by atoms with Gasteiger partial charge in [0.2, 0.25) is 0 Å². The summed E-state index contributed by atoms with van der Waals surface area (Å²) in [4.78, 5) is 42.5. The van der Waals surface area contributed by atoms with Crippen molar-refractivity contribution in [2.45, 2.75) is 25.7 Å². The minimum atomic E-state index is -0.493. The van der Waals surface area contributed by atoms with Gasteiger partial charge >= 0.3 is 5.97 Å². The van der Waals surface area contributed by atoms with Crippen molar-refractivity contribution in [1.29, 1.82) is 0 Å². The smallest absolute Gasteiger partial charge is 0.335 e. The highest BCUT2D eigenvalue weighted by Gasteiger charge is 2.34. The first-order chi connectivity index (χ1) is 14.5. The number of ether oxygens (including phenoxy) is 1. The number of fused-ring (bicyclic) bond motifs is 1. The van der Waals surface area contributed by atoms with Crippen molar-refractivity contribution in [3.8, 4) is 5.75 Å². The molecule has 30 heavy (non-hydrogen) atoms. The highest BCUT2D eigenvalue weighted by atomic mass is 16.7. The molecule has 8 heteroatoms. The Bertz CT molecular complexity index is 934. The lowest BCUT2D eigenvalue weighted by Gasteiger charge is -2.13. The molecule has 0 fully saturated rings. The van der Waals surface area contributed by atoms with Crippen LogP contribution in [0.1, 0.15) is 52.0 Å². The quantitative estimate of drug-likeness (QED) is 0.170. The third-order valence-corrected chi connectivity index (χ3v) is 4.77. The Morgan fingerprint density at radius 2 is 1.60 bits per heavy atom. The summed E-state index contributed by atoms with van der Waals surface area (Å²) < 4.78 is 5.07. The number of amides is 2. The summed E-state index contributed by atoms with van der Waals surface area (Å²) in [6.45, 7) is 0.323. The number of hydrogen-bond donors (Lipinski definition) is 1. The van der Waals surface area contributed by atoms with Crippen molar-refractivity contribution in [2.75, 3.05) is 13.7 Å². The summed E-state index contributed by atoms with van der Waals surface area (Å²) >= 11 is 0. The molecule has 0 atom stereocenters. The van der Waals surface area contributed by atoms with Gasteiger partial charge in [-0.15, -0.1) is 0 Å². The molecule has 0 radical (unpaired) electrons. The van der Waals surface area contributed by atoms with Crippen molar-refractivity contribution >= 4 is 23.6 Å². The number of nitrogens with zero attached hydrogens (tertiary/aromatic N) is 2. The van der Waals surface area contributed by atoms with Crippen LogP contribution in [0.4, 0.5) is 0 Å². The van der Waals surface area contributed by atoms with Gasteiger partial charge in [0.25, 0.3) is 11.8 Å². The molecule has 2 N–H and O–H groups in total. The molecule has 1 aliphatic heterocycles. The van der Waals surface area contributed by atoms with Crippen molar-refractivity contribution < 1.29 is 24.0 Å². The number of carbonyl (C=O) groups excluding carboxylic acids is 3. The van der Waals surface area contributed by atoms with E-state index in [0.29, 0.717) is 48.2 Å². The summed E-state index contributed by atoms with van der Waals surface area (Å²) in [5.41, 5.74) is 7.31. The second-order valence-corrected chi connectivity index (χ2v) is 6.79. The van der Waals surface area contributed by atoms with Gasteiger partial charge in [-0.2, -0.15) is 0 Å². The highest BCUT2D eigenvalue weighted by molar-refractivity contribution is 6.21. The van der Waals surface area contributed by atoms with Crippen LogP contribution in [0.15, 0.2) is 53.7 Å². The number of nitrogens with two attached hydrogens (primary N) is 1. The molecule has 3 rings (SSSR count). The molecule has 8 nitrogen and oxygen atoms in total. The first-order valence-corrected chi connectivity index (χ1v) is 9.64. The number of rotatable bonds is 9. The lowest BCUT2D eigenvalue weighted by Crippen LogP contribution is -2.30. The maximum atomic E-state index is 12.3. The molecule has 0 aromatic heterocycles. The Labute approximate surface area is 174 Å². The monoisotopic (exact) mass is 409 g/mol. The lowest BCUT2D eigenvalue weighted by atomic mass is 10.1. The number of carbonyl (C=O) groups is 3. The Hall–Kier alpha value is -3.68. The molecule has 0 saturated heterocycles. The average Bonchev–Trinajstić information content (AvgIpc) is 3.02. The van der Waals surface area contributed by atoms with Crippen LogP contribution in [0.5, 0.6) is 5.75 Å². The zero-order chi connectivity index (χ0) is 21.5. The van der Waals surface area contributed by atoms with Crippen molar-refractivity contribution in [1.82, 2.24) is 4.90 Å². The highest BCUT2D eigenvalue weighted by Crippen LogP contribution is 2.22. The first kappa shape index (κ1) is 21.0. The van der Waals surface area contributed by atoms with E-state index in [9.17, 15) is 14.4 Å². The van der Waals surface area contributed by atoms with E-state index in [0.717, 1.165) is 0 Å². The van der Waals surface area contributed by atoms with E-state index in [4.69, 9.17) is 15.3 Å². The van der Waals surface area contributed by atoms with E-state index in [2.05, 4.69) is 5.16 Å². The molecule has 0 bridgehead atoms. The normalized spacial score (nSPS) is 13.4. The van der Waals surface area contributed by atoms with Crippen LogP contribution in [0, 0.1) is 0 Å². The summed E-state index contributed by atoms with van der Waals surface area (Å²) in [7, 11) is 1.56. The second kappa shape index (κ2) is 9.69. The van der Waals surface area contributed by atoms with Gasteiger partial charge in [-0.25, -0.2) is 4.79 Å². The van der Waals surface area contributed by atoms with E-state index in [1.165, 1.54) is 4.90 Å². The van der Waals surface area contributed by atoms with E-state index in [1.807, 2.05) is 0 Å². The molecule has 2 amide bonds. The van der Waals surface area contributed by atoms with E-state index in [-0.39, 0.29) is 24.1 Å². The predicted molar refractivity (Wildman–Crippen MR) is 110 cm³/mol. The standard InChI is InChI=1S/C22H23N3O5/c1-29-16-12-10-15(11-13-16)20(23)24-30-19(26)9-3-2-6-14-25-21(27)17-7-4-5-8-18(17)22(25)28/h4-5,7-8,10-13H,2-3,6,9,14H2,1H3,(H2,23,24). The fraction of sp³-hybridized carbons (Fsp3) is 0.273. The predicted octanol–water partition coefficient (Wildman–Crippen LogP) is 2.72. The van der Waals surface area contributed by atoms with Crippen LogP contribution >= 0.6 is 0 Å². The van der Waals surface area contributed by atoms with Gasteiger partial charge in [0.15, 0.2) is 5.84 Å². The lowest BCUT2D eigenvalue weighted by molar-refractivity contribution is -0.143. The molecule has 2 aromatic rings. The van der Waals surface area contributed by atoms with Crippen LogP contribution in [0.25, 0.3) is 0 Å². The van der Waals surface area contributed by atoms with Gasteiger partial charge in [-0.3, -0.25) is 14.5 Å². The van der Waals surface area contributed by atoms with Gasteiger partial charge in [-0.1, -0.05) is 23.7 Å². The first-order valence-electron chi connectivity index (χ1n) is 9.64. The second-order valence-electron chi connectivity index (χ2n) is 6.79.